The average Bonchev–Trinajstić information content (AvgIpc) is 2.67. The fourth-order valence-corrected chi connectivity index (χ4v) is 4.29. The van der Waals surface area contributed by atoms with Crippen LogP contribution in [-0.4, -0.2) is 28.9 Å². The molecule has 1 amide bonds. The number of amides is 1. The lowest BCUT2D eigenvalue weighted by Crippen LogP contribution is -2.45. The third-order valence-electron chi connectivity index (χ3n) is 4.71. The smallest absolute Gasteiger partial charge is 0.227 e. The Kier molecular flexibility index (Phi) is 5.59. The van der Waals surface area contributed by atoms with Crippen LogP contribution in [0.15, 0.2) is 60.7 Å². The van der Waals surface area contributed by atoms with Crippen LogP contribution in [0.1, 0.15) is 30.1 Å². The monoisotopic (exact) mass is 340 g/mol. The minimum Gasteiger partial charge on any atom is -0.334 e. The molecule has 0 spiro atoms. The number of nitrogens with zero attached hydrogens (tertiary/aromatic N) is 1. The van der Waals surface area contributed by atoms with Crippen molar-refractivity contribution in [2.75, 3.05) is 18.1 Å². The quantitative estimate of drug-likeness (QED) is 0.924. The molecular formula is C20H24N2OS. The van der Waals surface area contributed by atoms with Crippen LogP contribution in [0.5, 0.6) is 0 Å². The summed E-state index contributed by atoms with van der Waals surface area (Å²) in [6.45, 7) is 2.73. The second-order valence-corrected chi connectivity index (χ2v) is 7.41. The van der Waals surface area contributed by atoms with Crippen LogP contribution in [0.3, 0.4) is 0 Å². The largest absolute Gasteiger partial charge is 0.334 e. The summed E-state index contributed by atoms with van der Waals surface area (Å²) in [5.41, 5.74) is 8.60. The molecule has 2 aromatic rings. The predicted molar refractivity (Wildman–Crippen MR) is 101 cm³/mol. The molecule has 126 valence electrons. The summed E-state index contributed by atoms with van der Waals surface area (Å²) >= 11 is 1.91. The molecule has 0 saturated carbocycles. The van der Waals surface area contributed by atoms with E-state index in [1.807, 2.05) is 72.1 Å². The molecule has 0 radical (unpaired) electrons. The van der Waals surface area contributed by atoms with E-state index >= 15 is 0 Å². The van der Waals surface area contributed by atoms with E-state index in [1.54, 1.807) is 0 Å². The highest BCUT2D eigenvalue weighted by atomic mass is 32.2. The number of nitrogens with two attached hydrogens (primary N) is 1. The number of hydrogen-bond acceptors (Lipinski definition) is 3. The van der Waals surface area contributed by atoms with E-state index in [4.69, 9.17) is 5.73 Å². The van der Waals surface area contributed by atoms with Gasteiger partial charge < -0.3 is 10.6 Å². The molecule has 2 N–H and O–H groups in total. The van der Waals surface area contributed by atoms with Crippen LogP contribution in [0.25, 0.3) is 0 Å². The van der Waals surface area contributed by atoms with Crippen LogP contribution in [-0.2, 0) is 4.79 Å². The van der Waals surface area contributed by atoms with Crippen molar-refractivity contribution in [2.24, 2.45) is 11.7 Å². The molecule has 1 aliphatic rings. The normalized spacial score (nSPS) is 20.4. The summed E-state index contributed by atoms with van der Waals surface area (Å²) in [4.78, 5) is 15.2. The van der Waals surface area contributed by atoms with Crippen molar-refractivity contribution in [1.82, 2.24) is 4.90 Å². The number of thioether (sulfide) groups is 1. The van der Waals surface area contributed by atoms with E-state index in [-0.39, 0.29) is 23.9 Å². The Balaban J connectivity index is 1.79. The van der Waals surface area contributed by atoms with E-state index in [1.165, 1.54) is 5.56 Å². The van der Waals surface area contributed by atoms with Crippen LogP contribution >= 0.6 is 11.8 Å². The van der Waals surface area contributed by atoms with Gasteiger partial charge in [-0.05, 0) is 11.1 Å². The first kappa shape index (κ1) is 17.1. The zero-order valence-corrected chi connectivity index (χ0v) is 14.8. The van der Waals surface area contributed by atoms with Crippen molar-refractivity contribution in [3.63, 3.8) is 0 Å². The van der Waals surface area contributed by atoms with Gasteiger partial charge in [-0.1, -0.05) is 67.6 Å². The summed E-state index contributed by atoms with van der Waals surface area (Å²) < 4.78 is 0. The van der Waals surface area contributed by atoms with E-state index in [0.29, 0.717) is 0 Å². The van der Waals surface area contributed by atoms with Gasteiger partial charge in [-0.2, -0.15) is 11.8 Å². The average molecular weight is 340 g/mol. The fourth-order valence-electron chi connectivity index (χ4n) is 3.20. The summed E-state index contributed by atoms with van der Waals surface area (Å²) in [5.74, 6) is 1.85. The Labute approximate surface area is 148 Å². The molecule has 0 aromatic heterocycles. The van der Waals surface area contributed by atoms with Gasteiger partial charge in [0.15, 0.2) is 0 Å². The summed E-state index contributed by atoms with van der Waals surface area (Å²) in [6, 6.07) is 20.1. The maximum atomic E-state index is 13.1. The molecule has 3 atom stereocenters. The molecule has 3 unspecified atom stereocenters. The molecule has 1 aliphatic heterocycles. The van der Waals surface area contributed by atoms with Gasteiger partial charge >= 0.3 is 0 Å². The number of hydrogen-bond donors (Lipinski definition) is 1. The maximum Gasteiger partial charge on any atom is 0.227 e. The summed E-state index contributed by atoms with van der Waals surface area (Å²) in [6.07, 6.45) is 0. The lowest BCUT2D eigenvalue weighted by atomic mass is 9.93. The highest BCUT2D eigenvalue weighted by Crippen LogP contribution is 2.32. The Morgan fingerprint density at radius 3 is 2.42 bits per heavy atom. The van der Waals surface area contributed by atoms with Crippen molar-refractivity contribution < 1.29 is 4.79 Å². The minimum atomic E-state index is -0.273. The SMILES string of the molecule is CC(C(=O)N1CCSCC1c1ccccc1)C(N)c1ccccc1. The molecule has 3 rings (SSSR count). The number of carbonyl (C=O) groups excluding carboxylic acids is 1. The molecule has 1 fully saturated rings. The Bertz CT molecular complexity index is 662. The highest BCUT2D eigenvalue weighted by molar-refractivity contribution is 7.99. The van der Waals surface area contributed by atoms with E-state index in [0.717, 1.165) is 23.6 Å². The third kappa shape index (κ3) is 3.65. The summed E-state index contributed by atoms with van der Waals surface area (Å²) in [7, 11) is 0. The molecule has 24 heavy (non-hydrogen) atoms. The number of benzene rings is 2. The van der Waals surface area contributed by atoms with Crippen LogP contribution in [0, 0.1) is 5.92 Å². The molecule has 0 aliphatic carbocycles. The van der Waals surface area contributed by atoms with Gasteiger partial charge in [0.2, 0.25) is 5.91 Å². The molecule has 1 saturated heterocycles. The standard InChI is InChI=1S/C20H24N2OS/c1-15(19(21)17-10-6-3-7-11-17)20(23)22-12-13-24-14-18(22)16-8-4-2-5-9-16/h2-11,15,18-19H,12-14,21H2,1H3. The molecule has 2 aromatic carbocycles. The van der Waals surface area contributed by atoms with E-state index in [2.05, 4.69) is 12.1 Å². The maximum absolute atomic E-state index is 13.1. The first-order valence-corrected chi connectivity index (χ1v) is 9.57. The number of rotatable bonds is 4. The minimum absolute atomic E-state index is 0.142. The van der Waals surface area contributed by atoms with E-state index in [9.17, 15) is 4.79 Å². The Morgan fingerprint density at radius 1 is 1.12 bits per heavy atom. The zero-order chi connectivity index (χ0) is 16.9. The van der Waals surface area contributed by atoms with Crippen molar-refractivity contribution in [2.45, 2.75) is 19.0 Å². The first-order valence-electron chi connectivity index (χ1n) is 8.42. The Morgan fingerprint density at radius 2 is 1.75 bits per heavy atom. The van der Waals surface area contributed by atoms with Crippen LogP contribution in [0.2, 0.25) is 0 Å². The second kappa shape index (κ2) is 7.86. The van der Waals surface area contributed by atoms with Gasteiger partial charge in [0.05, 0.1) is 12.0 Å². The molecule has 0 bridgehead atoms. The highest BCUT2D eigenvalue weighted by Gasteiger charge is 2.33. The lowest BCUT2D eigenvalue weighted by Gasteiger charge is -2.38. The van der Waals surface area contributed by atoms with Crippen LogP contribution < -0.4 is 5.73 Å². The van der Waals surface area contributed by atoms with Crippen LogP contribution in [0.4, 0.5) is 0 Å². The topological polar surface area (TPSA) is 46.3 Å². The van der Waals surface area contributed by atoms with Gasteiger partial charge in [-0.15, -0.1) is 0 Å². The molecular weight excluding hydrogens is 316 g/mol. The summed E-state index contributed by atoms with van der Waals surface area (Å²) in [5, 5.41) is 0. The van der Waals surface area contributed by atoms with Gasteiger partial charge in [0, 0.05) is 24.1 Å². The fraction of sp³-hybridized carbons (Fsp3) is 0.350. The van der Waals surface area contributed by atoms with Gasteiger partial charge in [0.1, 0.15) is 0 Å². The second-order valence-electron chi connectivity index (χ2n) is 6.26. The molecule has 3 nitrogen and oxygen atoms in total. The van der Waals surface area contributed by atoms with Gasteiger partial charge in [-0.3, -0.25) is 4.79 Å². The number of carbonyl (C=O) groups is 1. The predicted octanol–water partition coefficient (Wildman–Crippen LogP) is 3.64. The first-order chi connectivity index (χ1) is 11.7. The van der Waals surface area contributed by atoms with Gasteiger partial charge in [-0.25, -0.2) is 0 Å². The van der Waals surface area contributed by atoms with Crippen molar-refractivity contribution in [1.29, 1.82) is 0 Å². The van der Waals surface area contributed by atoms with Crippen molar-refractivity contribution in [3.8, 4) is 0 Å². The van der Waals surface area contributed by atoms with Crippen molar-refractivity contribution >= 4 is 17.7 Å². The van der Waals surface area contributed by atoms with Gasteiger partial charge in [0.25, 0.3) is 0 Å². The lowest BCUT2D eigenvalue weighted by molar-refractivity contribution is -0.137. The van der Waals surface area contributed by atoms with E-state index < -0.39 is 0 Å². The molecule has 4 heteroatoms. The molecule has 1 heterocycles. The zero-order valence-electron chi connectivity index (χ0n) is 14.0. The Hall–Kier alpha value is -1.78. The third-order valence-corrected chi connectivity index (χ3v) is 5.73. The van der Waals surface area contributed by atoms with Crippen molar-refractivity contribution in [3.05, 3.63) is 71.8 Å².